The lowest BCUT2D eigenvalue weighted by Crippen LogP contribution is -2.44. The van der Waals surface area contributed by atoms with Crippen molar-refractivity contribution in [1.29, 1.82) is 0 Å². The number of carbonyl (C=O) groups is 1. The molecule has 8 heteroatoms. The van der Waals surface area contributed by atoms with Crippen molar-refractivity contribution in [3.05, 3.63) is 66.5 Å². The van der Waals surface area contributed by atoms with Gasteiger partial charge in [0.15, 0.2) is 16.0 Å². The molecule has 1 N–H and O–H groups in total. The van der Waals surface area contributed by atoms with Crippen LogP contribution >= 0.6 is 0 Å². The van der Waals surface area contributed by atoms with E-state index >= 15 is 0 Å². The van der Waals surface area contributed by atoms with Gasteiger partial charge in [0.2, 0.25) is 0 Å². The summed E-state index contributed by atoms with van der Waals surface area (Å²) < 4.78 is 21.6. The molecule has 2 atom stereocenters. The standard InChI is InChI=1S/C25H28N4O3S/c1-4-17(2)21(7-5-18(3)28-10-9-25(14-28)15-32-16-25)19-6-8-22-20(11-19)13-26-29(22)24-12-23(30)27-33(24)31/h4-8,11-13,17H,1,9-10,14-16H2,2-3H3,(H,27,30)/b18-5+,21-7+/t17-,33?/m0/s1. The van der Waals surface area contributed by atoms with Crippen molar-refractivity contribution in [2.24, 2.45) is 11.3 Å². The van der Waals surface area contributed by atoms with Gasteiger partial charge in [0.05, 0.1) is 24.9 Å². The van der Waals surface area contributed by atoms with Gasteiger partial charge in [0, 0.05) is 35.7 Å². The van der Waals surface area contributed by atoms with Crippen LogP contribution in [-0.4, -0.2) is 51.1 Å². The van der Waals surface area contributed by atoms with Gasteiger partial charge in [0.25, 0.3) is 5.91 Å². The monoisotopic (exact) mass is 464 g/mol. The Morgan fingerprint density at radius 3 is 2.82 bits per heavy atom. The van der Waals surface area contributed by atoms with E-state index in [4.69, 9.17) is 4.74 Å². The first-order valence-corrected chi connectivity index (χ1v) is 12.3. The lowest BCUT2D eigenvalue weighted by Gasteiger charge is -2.38. The zero-order valence-corrected chi connectivity index (χ0v) is 19.7. The number of amides is 1. The van der Waals surface area contributed by atoms with Crippen LogP contribution in [0.2, 0.25) is 0 Å². The molecule has 4 heterocycles. The average molecular weight is 465 g/mol. The van der Waals surface area contributed by atoms with E-state index in [9.17, 15) is 9.00 Å². The van der Waals surface area contributed by atoms with E-state index in [0.717, 1.165) is 42.8 Å². The average Bonchev–Trinajstić information content (AvgIpc) is 3.49. The fraction of sp³-hybridized carbons (Fsp3) is 0.360. The summed E-state index contributed by atoms with van der Waals surface area (Å²) in [6, 6.07) is 6.08. The topological polar surface area (TPSA) is 76.5 Å². The number of nitrogens with one attached hydrogen (secondary N) is 1. The van der Waals surface area contributed by atoms with E-state index in [0.29, 0.717) is 10.4 Å². The Morgan fingerprint density at radius 1 is 1.36 bits per heavy atom. The highest BCUT2D eigenvalue weighted by Crippen LogP contribution is 2.39. The molecule has 1 amide bonds. The van der Waals surface area contributed by atoms with Gasteiger partial charge < -0.3 is 9.64 Å². The third-order valence-corrected chi connectivity index (χ3v) is 7.91. The van der Waals surface area contributed by atoms with Gasteiger partial charge in [0.1, 0.15) is 0 Å². The molecular formula is C25H28N4O3S. The van der Waals surface area contributed by atoms with E-state index in [1.165, 1.54) is 23.8 Å². The highest BCUT2D eigenvalue weighted by atomic mass is 32.2. The minimum atomic E-state index is -1.59. The number of aromatic nitrogens is 2. The molecule has 33 heavy (non-hydrogen) atoms. The van der Waals surface area contributed by atoms with E-state index in [-0.39, 0.29) is 11.8 Å². The zero-order chi connectivity index (χ0) is 23.2. The molecule has 2 saturated heterocycles. The van der Waals surface area contributed by atoms with Crippen LogP contribution < -0.4 is 4.72 Å². The number of hydrogen-bond donors (Lipinski definition) is 1. The number of likely N-dealkylation sites (tertiary alicyclic amines) is 1. The number of fused-ring (bicyclic) bond motifs is 1. The lowest BCUT2D eigenvalue weighted by atomic mass is 9.85. The van der Waals surface area contributed by atoms with Gasteiger partial charge in [-0.1, -0.05) is 25.1 Å². The van der Waals surface area contributed by atoms with Crippen LogP contribution in [0, 0.1) is 11.3 Å². The molecule has 0 aliphatic carbocycles. The first-order chi connectivity index (χ1) is 15.9. The minimum absolute atomic E-state index is 0.165. The van der Waals surface area contributed by atoms with Gasteiger partial charge in [-0.15, -0.1) is 6.58 Å². The van der Waals surface area contributed by atoms with Gasteiger partial charge >= 0.3 is 0 Å². The maximum Gasteiger partial charge on any atom is 0.258 e. The Morgan fingerprint density at radius 2 is 2.18 bits per heavy atom. The summed E-state index contributed by atoms with van der Waals surface area (Å²) in [5.41, 5.74) is 4.67. The smallest absolute Gasteiger partial charge is 0.258 e. The van der Waals surface area contributed by atoms with Crippen molar-refractivity contribution in [3.63, 3.8) is 0 Å². The largest absolute Gasteiger partial charge is 0.380 e. The molecule has 2 aromatic rings. The van der Waals surface area contributed by atoms with Gasteiger partial charge in [-0.3, -0.25) is 9.52 Å². The molecule has 0 radical (unpaired) electrons. The third kappa shape index (κ3) is 3.98. The second-order valence-electron chi connectivity index (χ2n) is 9.17. The van der Waals surface area contributed by atoms with Crippen LogP contribution in [0.3, 0.4) is 0 Å². The normalized spacial score (nSPS) is 23.6. The predicted octanol–water partition coefficient (Wildman–Crippen LogP) is 3.46. The summed E-state index contributed by atoms with van der Waals surface area (Å²) in [4.78, 5) is 14.0. The third-order valence-electron chi connectivity index (χ3n) is 6.85. The summed E-state index contributed by atoms with van der Waals surface area (Å²) in [5, 5.41) is 5.64. The molecule has 172 valence electrons. The number of hydrogen-bond acceptors (Lipinski definition) is 5. The quantitative estimate of drug-likeness (QED) is 0.523. The van der Waals surface area contributed by atoms with Crippen LogP contribution in [0.5, 0.6) is 0 Å². The molecule has 3 aliphatic heterocycles. The Hall–Kier alpha value is -2.97. The minimum Gasteiger partial charge on any atom is -0.380 e. The van der Waals surface area contributed by atoms with Crippen molar-refractivity contribution in [1.82, 2.24) is 19.4 Å². The molecule has 1 aromatic carbocycles. The second kappa shape index (κ2) is 8.43. The maximum atomic E-state index is 12.2. The number of benzene rings is 1. The van der Waals surface area contributed by atoms with Crippen LogP contribution in [-0.2, 0) is 20.5 Å². The van der Waals surface area contributed by atoms with Crippen molar-refractivity contribution in [3.8, 4) is 0 Å². The van der Waals surface area contributed by atoms with Crippen LogP contribution in [0.1, 0.15) is 25.8 Å². The van der Waals surface area contributed by atoms with E-state index < -0.39 is 11.0 Å². The van der Waals surface area contributed by atoms with Crippen molar-refractivity contribution in [2.75, 3.05) is 26.3 Å². The number of allylic oxidation sites excluding steroid dienone is 5. The fourth-order valence-corrected chi connectivity index (χ4v) is 5.55. The van der Waals surface area contributed by atoms with Crippen molar-refractivity contribution >= 4 is 38.4 Å². The number of carbonyl (C=O) groups excluding carboxylic acids is 1. The molecule has 2 fully saturated rings. The van der Waals surface area contributed by atoms with Crippen LogP contribution in [0.4, 0.5) is 0 Å². The summed E-state index contributed by atoms with van der Waals surface area (Å²) in [6.07, 6.45) is 10.6. The zero-order valence-electron chi connectivity index (χ0n) is 18.9. The number of rotatable bonds is 6. The van der Waals surface area contributed by atoms with E-state index in [1.54, 1.807) is 10.9 Å². The summed E-state index contributed by atoms with van der Waals surface area (Å²) in [5.74, 6) is -0.206. The molecule has 7 nitrogen and oxygen atoms in total. The first-order valence-electron chi connectivity index (χ1n) is 11.2. The SMILES string of the molecule is C=C[C@H](C)/C(=C\C=C(/C)N1CCC2(COC2)C1)c1ccc2c(cnn2C2=CC(=O)NS2=O)c1. The molecule has 3 aliphatic rings. The molecule has 0 bridgehead atoms. The number of nitrogens with zero attached hydrogens (tertiary/aromatic N) is 3. The van der Waals surface area contributed by atoms with Crippen molar-refractivity contribution < 1.29 is 13.7 Å². The molecule has 1 spiro atoms. The van der Waals surface area contributed by atoms with Crippen molar-refractivity contribution in [2.45, 2.75) is 20.3 Å². The van der Waals surface area contributed by atoms with E-state index in [1.807, 2.05) is 18.2 Å². The summed E-state index contributed by atoms with van der Waals surface area (Å²) in [6.45, 7) is 12.2. The van der Waals surface area contributed by atoms with Crippen LogP contribution in [0.15, 0.2) is 61.0 Å². The summed E-state index contributed by atoms with van der Waals surface area (Å²) >= 11 is 0. The van der Waals surface area contributed by atoms with Gasteiger partial charge in [-0.25, -0.2) is 8.89 Å². The highest BCUT2D eigenvalue weighted by molar-refractivity contribution is 7.93. The van der Waals surface area contributed by atoms with E-state index in [2.05, 4.69) is 53.4 Å². The molecule has 5 rings (SSSR count). The Balaban J connectivity index is 1.44. The number of ether oxygens (including phenoxy) is 1. The Bertz CT molecular complexity index is 1250. The van der Waals surface area contributed by atoms with Crippen LogP contribution in [0.25, 0.3) is 21.5 Å². The molecule has 1 aromatic heterocycles. The second-order valence-corrected chi connectivity index (χ2v) is 10.3. The Kier molecular flexibility index (Phi) is 5.58. The summed E-state index contributed by atoms with van der Waals surface area (Å²) in [7, 11) is -1.59. The first kappa shape index (κ1) is 21.9. The molecular weight excluding hydrogens is 436 g/mol. The van der Waals surface area contributed by atoms with Gasteiger partial charge in [-0.2, -0.15) is 5.10 Å². The lowest BCUT2D eigenvalue weighted by molar-refractivity contribution is -0.114. The molecule has 1 unspecified atom stereocenters. The molecule has 0 saturated carbocycles. The fourth-order valence-electron chi connectivity index (χ4n) is 4.68. The Labute approximate surface area is 196 Å². The highest BCUT2D eigenvalue weighted by Gasteiger charge is 2.44. The van der Waals surface area contributed by atoms with Gasteiger partial charge in [-0.05, 0) is 48.6 Å². The maximum absolute atomic E-state index is 12.2. The predicted molar refractivity (Wildman–Crippen MR) is 131 cm³/mol.